The van der Waals surface area contributed by atoms with Crippen LogP contribution in [0.15, 0.2) is 47.4 Å². The lowest BCUT2D eigenvalue weighted by atomic mass is 10.3. The van der Waals surface area contributed by atoms with Gasteiger partial charge in [-0.2, -0.15) is 0 Å². The maximum absolute atomic E-state index is 13.1. The fraction of sp³-hybridized carbons (Fsp3) is 0.188. The summed E-state index contributed by atoms with van der Waals surface area (Å²) in [6.45, 7) is 1.36. The Labute approximate surface area is 170 Å². The molecule has 2 rings (SSSR count). The van der Waals surface area contributed by atoms with Crippen LogP contribution in [0.2, 0.25) is 10.0 Å². The quantitative estimate of drug-likeness (QED) is 0.425. The standard InChI is InChI=1S/C16H14Cl2INO4S/c1-2-24-16(21)10-20(12-5-3-4-11(19)8-12)25(22,23)13-6-7-14(17)15(18)9-13/h3-9H,2,10H2,1H3. The first-order chi connectivity index (χ1) is 11.8. The largest absolute Gasteiger partial charge is 0.465 e. The number of benzene rings is 2. The van der Waals surface area contributed by atoms with Crippen LogP contribution in [-0.2, 0) is 19.6 Å². The lowest BCUT2D eigenvalue weighted by Gasteiger charge is -2.24. The maximum atomic E-state index is 13.1. The molecular weight excluding hydrogens is 500 g/mol. The van der Waals surface area contributed by atoms with Crippen LogP contribution in [0.5, 0.6) is 0 Å². The molecule has 9 heteroatoms. The molecule has 0 bridgehead atoms. The van der Waals surface area contributed by atoms with Crippen molar-refractivity contribution in [1.82, 2.24) is 0 Å². The number of hydrogen-bond acceptors (Lipinski definition) is 4. The average Bonchev–Trinajstić information content (AvgIpc) is 2.55. The van der Waals surface area contributed by atoms with Gasteiger partial charge in [-0.05, 0) is 65.9 Å². The third-order valence-electron chi connectivity index (χ3n) is 3.15. The number of ether oxygens (including phenoxy) is 1. The van der Waals surface area contributed by atoms with Crippen LogP contribution in [0.25, 0.3) is 0 Å². The van der Waals surface area contributed by atoms with Gasteiger partial charge in [0.1, 0.15) is 6.54 Å². The van der Waals surface area contributed by atoms with Gasteiger partial charge < -0.3 is 4.74 Å². The molecular formula is C16H14Cl2INO4S. The summed E-state index contributed by atoms with van der Waals surface area (Å²) in [5.74, 6) is -0.648. The van der Waals surface area contributed by atoms with Gasteiger partial charge in [0, 0.05) is 3.57 Å². The van der Waals surface area contributed by atoms with Crippen molar-refractivity contribution in [2.75, 3.05) is 17.5 Å². The minimum absolute atomic E-state index is 0.0648. The van der Waals surface area contributed by atoms with E-state index in [4.69, 9.17) is 27.9 Å². The van der Waals surface area contributed by atoms with Gasteiger partial charge in [-0.25, -0.2) is 8.42 Å². The molecule has 25 heavy (non-hydrogen) atoms. The zero-order chi connectivity index (χ0) is 18.6. The molecule has 0 saturated heterocycles. The summed E-state index contributed by atoms with van der Waals surface area (Å²) in [5, 5.41) is 0.355. The van der Waals surface area contributed by atoms with E-state index in [2.05, 4.69) is 22.6 Å². The molecule has 5 nitrogen and oxygen atoms in total. The predicted molar refractivity (Wildman–Crippen MR) is 107 cm³/mol. The van der Waals surface area contributed by atoms with Crippen LogP contribution < -0.4 is 4.31 Å². The van der Waals surface area contributed by atoms with E-state index in [0.717, 1.165) is 7.88 Å². The van der Waals surface area contributed by atoms with Crippen molar-refractivity contribution in [1.29, 1.82) is 0 Å². The highest BCUT2D eigenvalue weighted by atomic mass is 127. The number of anilines is 1. The number of carbonyl (C=O) groups excluding carboxylic acids is 1. The third-order valence-corrected chi connectivity index (χ3v) is 6.33. The summed E-state index contributed by atoms with van der Waals surface area (Å²) < 4.78 is 32.8. The van der Waals surface area contributed by atoms with Crippen LogP contribution in [0.3, 0.4) is 0 Å². The second-order valence-corrected chi connectivity index (χ2v) is 8.79. The van der Waals surface area contributed by atoms with E-state index >= 15 is 0 Å². The van der Waals surface area contributed by atoms with E-state index in [1.165, 1.54) is 18.2 Å². The lowest BCUT2D eigenvalue weighted by molar-refractivity contribution is -0.141. The first-order valence-corrected chi connectivity index (χ1v) is 10.4. The van der Waals surface area contributed by atoms with Gasteiger partial charge >= 0.3 is 5.97 Å². The molecule has 0 unspecified atom stereocenters. The highest BCUT2D eigenvalue weighted by molar-refractivity contribution is 14.1. The summed E-state index contributed by atoms with van der Waals surface area (Å²) >= 11 is 13.9. The molecule has 134 valence electrons. The summed E-state index contributed by atoms with van der Waals surface area (Å²) in [6, 6.07) is 10.8. The van der Waals surface area contributed by atoms with Crippen molar-refractivity contribution >= 4 is 67.5 Å². The van der Waals surface area contributed by atoms with Gasteiger partial charge in [-0.15, -0.1) is 0 Å². The predicted octanol–water partition coefficient (Wildman–Crippen LogP) is 4.36. The molecule has 0 fully saturated rings. The highest BCUT2D eigenvalue weighted by Crippen LogP contribution is 2.29. The topological polar surface area (TPSA) is 63.7 Å². The lowest BCUT2D eigenvalue weighted by Crippen LogP contribution is -2.36. The van der Waals surface area contributed by atoms with Gasteiger partial charge in [0.05, 0.1) is 27.2 Å². The monoisotopic (exact) mass is 513 g/mol. The Morgan fingerprint density at radius 3 is 2.48 bits per heavy atom. The summed E-state index contributed by atoms with van der Waals surface area (Å²) in [4.78, 5) is 11.9. The summed E-state index contributed by atoms with van der Waals surface area (Å²) in [5.41, 5.74) is 0.353. The van der Waals surface area contributed by atoms with Crippen molar-refractivity contribution in [2.24, 2.45) is 0 Å². The molecule has 0 N–H and O–H groups in total. The molecule has 0 radical (unpaired) electrons. The van der Waals surface area contributed by atoms with Crippen LogP contribution >= 0.6 is 45.8 Å². The fourth-order valence-corrected chi connectivity index (χ4v) is 4.35. The molecule has 0 aliphatic rings. The number of esters is 1. The third kappa shape index (κ3) is 4.99. The number of carbonyl (C=O) groups is 1. The Hall–Kier alpha value is -1.03. The first kappa shape index (κ1) is 20.3. The van der Waals surface area contributed by atoms with Gasteiger partial charge in [0.25, 0.3) is 10.0 Å². The molecule has 2 aromatic carbocycles. The number of hydrogen-bond donors (Lipinski definition) is 0. The first-order valence-electron chi connectivity index (χ1n) is 7.14. The van der Waals surface area contributed by atoms with Crippen molar-refractivity contribution in [2.45, 2.75) is 11.8 Å². The van der Waals surface area contributed by atoms with Crippen LogP contribution in [-0.4, -0.2) is 27.5 Å². The maximum Gasteiger partial charge on any atom is 0.326 e. The number of halogens is 3. The summed E-state index contributed by atoms with van der Waals surface area (Å²) in [6.07, 6.45) is 0. The van der Waals surface area contributed by atoms with Gasteiger partial charge in [0.2, 0.25) is 0 Å². The Morgan fingerprint density at radius 1 is 1.16 bits per heavy atom. The van der Waals surface area contributed by atoms with Crippen LogP contribution in [0.1, 0.15) is 6.92 Å². The number of sulfonamides is 1. The SMILES string of the molecule is CCOC(=O)CN(c1cccc(I)c1)S(=O)(=O)c1ccc(Cl)c(Cl)c1. The fourth-order valence-electron chi connectivity index (χ4n) is 2.03. The zero-order valence-electron chi connectivity index (χ0n) is 13.1. The van der Waals surface area contributed by atoms with Crippen molar-refractivity contribution in [3.63, 3.8) is 0 Å². The Kier molecular flexibility index (Phi) is 6.95. The molecule has 0 spiro atoms. The second-order valence-electron chi connectivity index (χ2n) is 4.87. The molecule has 0 aliphatic heterocycles. The molecule has 0 amide bonds. The van der Waals surface area contributed by atoms with E-state index in [1.54, 1.807) is 25.1 Å². The molecule has 0 heterocycles. The van der Waals surface area contributed by atoms with Gasteiger partial charge in [-0.1, -0.05) is 29.3 Å². The molecule has 0 aliphatic carbocycles. The Balaban J connectivity index is 2.52. The molecule has 2 aromatic rings. The van der Waals surface area contributed by atoms with E-state index in [0.29, 0.717) is 5.69 Å². The van der Waals surface area contributed by atoms with E-state index in [9.17, 15) is 13.2 Å². The van der Waals surface area contributed by atoms with Crippen molar-refractivity contribution in [3.8, 4) is 0 Å². The normalized spacial score (nSPS) is 11.2. The minimum Gasteiger partial charge on any atom is -0.465 e. The minimum atomic E-state index is -4.04. The highest BCUT2D eigenvalue weighted by Gasteiger charge is 2.28. The van der Waals surface area contributed by atoms with Crippen molar-refractivity contribution < 1.29 is 17.9 Å². The molecule has 0 atom stereocenters. The zero-order valence-corrected chi connectivity index (χ0v) is 17.6. The van der Waals surface area contributed by atoms with E-state index in [1.807, 2.05) is 6.07 Å². The molecule has 0 aromatic heterocycles. The number of rotatable bonds is 6. The van der Waals surface area contributed by atoms with Gasteiger partial charge in [0.15, 0.2) is 0 Å². The van der Waals surface area contributed by atoms with E-state index in [-0.39, 0.29) is 21.5 Å². The average molecular weight is 514 g/mol. The van der Waals surface area contributed by atoms with Crippen LogP contribution in [0.4, 0.5) is 5.69 Å². The smallest absolute Gasteiger partial charge is 0.326 e. The Morgan fingerprint density at radius 2 is 1.88 bits per heavy atom. The summed E-state index contributed by atoms with van der Waals surface area (Å²) in [7, 11) is -4.04. The molecule has 0 saturated carbocycles. The number of nitrogens with zero attached hydrogens (tertiary/aromatic N) is 1. The second kappa shape index (κ2) is 8.57. The van der Waals surface area contributed by atoms with Crippen molar-refractivity contribution in [3.05, 3.63) is 56.1 Å². The van der Waals surface area contributed by atoms with Gasteiger partial charge in [-0.3, -0.25) is 9.10 Å². The Bertz CT molecular complexity index is 889. The van der Waals surface area contributed by atoms with Crippen LogP contribution in [0, 0.1) is 3.57 Å². The van der Waals surface area contributed by atoms with E-state index < -0.39 is 22.5 Å².